The normalized spacial score (nSPS) is 28.3. The smallest absolute Gasteiger partial charge is 0.0855 e. The van der Waals surface area contributed by atoms with Crippen LogP contribution in [0.25, 0.3) is 0 Å². The first kappa shape index (κ1) is 11.6. The third-order valence-corrected chi connectivity index (χ3v) is 5.31. The van der Waals surface area contributed by atoms with Gasteiger partial charge in [0, 0.05) is 11.5 Å². The van der Waals surface area contributed by atoms with Crippen LogP contribution < -0.4 is 5.73 Å². The molecule has 1 fully saturated rings. The van der Waals surface area contributed by atoms with Crippen LogP contribution in [0.15, 0.2) is 9.85 Å². The number of halogens is 1. The van der Waals surface area contributed by atoms with Crippen LogP contribution in [0.5, 0.6) is 0 Å². The number of aryl methyl sites for hydroxylation is 1. The third-order valence-electron chi connectivity index (χ3n) is 3.09. The molecule has 0 spiro atoms. The first-order valence-corrected chi connectivity index (χ1v) is 6.79. The van der Waals surface area contributed by atoms with Crippen LogP contribution >= 0.6 is 27.3 Å². The highest BCUT2D eigenvalue weighted by Gasteiger charge is 2.37. The molecule has 1 aliphatic rings. The molecule has 0 radical (unpaired) electrons. The largest absolute Gasteiger partial charge is 0.373 e. The fraction of sp³-hybridized carbons (Fsp3) is 0.636. The summed E-state index contributed by atoms with van der Waals surface area (Å²) in [6.45, 7) is 5.05. The maximum absolute atomic E-state index is 6.28. The molecule has 0 bridgehead atoms. The lowest BCUT2D eigenvalue weighted by molar-refractivity contribution is -0.000869. The van der Waals surface area contributed by atoms with Gasteiger partial charge in [-0.1, -0.05) is 0 Å². The zero-order chi connectivity index (χ0) is 11.1. The second kappa shape index (κ2) is 4.17. The quantitative estimate of drug-likeness (QED) is 0.906. The number of ether oxygens (including phenoxy) is 1. The summed E-state index contributed by atoms with van der Waals surface area (Å²) in [5.74, 6) is 0. The third kappa shape index (κ3) is 2.13. The van der Waals surface area contributed by atoms with Gasteiger partial charge in [0.05, 0.1) is 15.4 Å². The molecular formula is C11H16BrNOS. The van der Waals surface area contributed by atoms with Gasteiger partial charge in [-0.15, -0.1) is 11.3 Å². The van der Waals surface area contributed by atoms with Crippen LogP contribution in [0.4, 0.5) is 0 Å². The number of thiophene rings is 1. The Hall–Kier alpha value is 0.100. The summed E-state index contributed by atoms with van der Waals surface area (Å²) in [6.07, 6.45) is 2.18. The fourth-order valence-corrected chi connectivity index (χ4v) is 3.70. The van der Waals surface area contributed by atoms with E-state index in [4.69, 9.17) is 10.5 Å². The lowest BCUT2D eigenvalue weighted by Gasteiger charge is -2.29. The molecule has 0 aromatic carbocycles. The van der Waals surface area contributed by atoms with E-state index >= 15 is 0 Å². The average molecular weight is 290 g/mol. The SMILES string of the molecule is Cc1cc(C(N)C2(C)CCCO2)sc1Br. The molecule has 2 unspecified atom stereocenters. The lowest BCUT2D eigenvalue weighted by atomic mass is 9.92. The van der Waals surface area contributed by atoms with Gasteiger partial charge in [0.2, 0.25) is 0 Å². The predicted octanol–water partition coefficient (Wildman–Crippen LogP) is 3.39. The lowest BCUT2D eigenvalue weighted by Crippen LogP contribution is -2.37. The van der Waals surface area contributed by atoms with E-state index < -0.39 is 0 Å². The minimum Gasteiger partial charge on any atom is -0.373 e. The van der Waals surface area contributed by atoms with Gasteiger partial charge in [0.1, 0.15) is 0 Å². The second-order valence-corrected chi connectivity index (χ2v) is 6.75. The molecule has 0 aliphatic carbocycles. The summed E-state index contributed by atoms with van der Waals surface area (Å²) in [6, 6.07) is 2.15. The molecular weight excluding hydrogens is 274 g/mol. The Bertz CT molecular complexity index is 338. The highest BCUT2D eigenvalue weighted by molar-refractivity contribution is 9.11. The van der Waals surface area contributed by atoms with E-state index in [2.05, 4.69) is 35.8 Å². The summed E-state index contributed by atoms with van der Waals surface area (Å²) in [4.78, 5) is 1.21. The van der Waals surface area contributed by atoms with E-state index in [1.807, 2.05) is 0 Å². The van der Waals surface area contributed by atoms with E-state index in [1.54, 1.807) is 11.3 Å². The molecule has 0 amide bonds. The number of nitrogens with two attached hydrogens (primary N) is 1. The zero-order valence-electron chi connectivity index (χ0n) is 9.05. The Labute approximate surface area is 103 Å². The zero-order valence-corrected chi connectivity index (χ0v) is 11.5. The fourth-order valence-electron chi connectivity index (χ4n) is 1.98. The molecule has 2 nitrogen and oxygen atoms in total. The average Bonchev–Trinajstić information content (AvgIpc) is 2.75. The minimum atomic E-state index is -0.170. The van der Waals surface area contributed by atoms with Gasteiger partial charge >= 0.3 is 0 Å². The van der Waals surface area contributed by atoms with Crippen molar-refractivity contribution < 1.29 is 4.74 Å². The van der Waals surface area contributed by atoms with Gasteiger partial charge in [0.25, 0.3) is 0 Å². The minimum absolute atomic E-state index is 0.00463. The van der Waals surface area contributed by atoms with E-state index in [9.17, 15) is 0 Å². The molecule has 1 aromatic rings. The molecule has 1 saturated heterocycles. The number of rotatable bonds is 2. The topological polar surface area (TPSA) is 35.2 Å². The Morgan fingerprint density at radius 1 is 1.67 bits per heavy atom. The van der Waals surface area contributed by atoms with Crippen molar-refractivity contribution in [2.75, 3.05) is 6.61 Å². The maximum Gasteiger partial charge on any atom is 0.0855 e. The van der Waals surface area contributed by atoms with Gasteiger partial charge in [-0.3, -0.25) is 0 Å². The summed E-state index contributed by atoms with van der Waals surface area (Å²) in [5, 5.41) is 0. The molecule has 2 rings (SSSR count). The van der Waals surface area contributed by atoms with Crippen molar-refractivity contribution in [3.63, 3.8) is 0 Å². The Morgan fingerprint density at radius 3 is 2.87 bits per heavy atom. The highest BCUT2D eigenvalue weighted by atomic mass is 79.9. The Morgan fingerprint density at radius 2 is 2.40 bits per heavy atom. The van der Waals surface area contributed by atoms with E-state index in [1.165, 1.54) is 14.2 Å². The van der Waals surface area contributed by atoms with Crippen molar-refractivity contribution in [2.45, 2.75) is 38.3 Å². The number of hydrogen-bond acceptors (Lipinski definition) is 3. The van der Waals surface area contributed by atoms with E-state index in [0.29, 0.717) is 0 Å². The summed E-state index contributed by atoms with van der Waals surface area (Å²) < 4.78 is 6.95. The van der Waals surface area contributed by atoms with E-state index in [0.717, 1.165) is 19.4 Å². The van der Waals surface area contributed by atoms with Crippen molar-refractivity contribution in [1.29, 1.82) is 0 Å². The number of hydrogen-bond donors (Lipinski definition) is 1. The summed E-state index contributed by atoms with van der Waals surface area (Å²) in [5.41, 5.74) is 7.37. The molecule has 2 heterocycles. The Balaban J connectivity index is 2.23. The first-order valence-electron chi connectivity index (χ1n) is 5.18. The van der Waals surface area contributed by atoms with Crippen molar-refractivity contribution in [2.24, 2.45) is 5.73 Å². The molecule has 1 aliphatic heterocycles. The van der Waals surface area contributed by atoms with Crippen molar-refractivity contribution in [3.8, 4) is 0 Å². The van der Waals surface area contributed by atoms with Crippen LogP contribution in [-0.2, 0) is 4.74 Å². The van der Waals surface area contributed by atoms with Crippen molar-refractivity contribution in [3.05, 3.63) is 20.3 Å². The highest BCUT2D eigenvalue weighted by Crippen LogP contribution is 2.40. The van der Waals surface area contributed by atoms with Gasteiger partial charge in [-0.2, -0.15) is 0 Å². The van der Waals surface area contributed by atoms with Gasteiger partial charge in [-0.05, 0) is 54.2 Å². The van der Waals surface area contributed by atoms with Crippen LogP contribution in [0.3, 0.4) is 0 Å². The predicted molar refractivity (Wildman–Crippen MR) is 67.3 cm³/mol. The Kier molecular flexibility index (Phi) is 3.22. The van der Waals surface area contributed by atoms with Crippen LogP contribution in [0.1, 0.15) is 36.2 Å². The van der Waals surface area contributed by atoms with Gasteiger partial charge in [-0.25, -0.2) is 0 Å². The van der Waals surface area contributed by atoms with Gasteiger partial charge in [0.15, 0.2) is 0 Å². The monoisotopic (exact) mass is 289 g/mol. The molecule has 0 saturated carbocycles. The molecule has 84 valence electrons. The summed E-state index contributed by atoms with van der Waals surface area (Å²) >= 11 is 5.25. The van der Waals surface area contributed by atoms with Crippen molar-refractivity contribution in [1.82, 2.24) is 0 Å². The molecule has 4 heteroatoms. The molecule has 2 atom stereocenters. The van der Waals surface area contributed by atoms with Gasteiger partial charge < -0.3 is 10.5 Å². The van der Waals surface area contributed by atoms with Crippen LogP contribution in [-0.4, -0.2) is 12.2 Å². The van der Waals surface area contributed by atoms with E-state index in [-0.39, 0.29) is 11.6 Å². The summed E-state index contributed by atoms with van der Waals surface area (Å²) in [7, 11) is 0. The van der Waals surface area contributed by atoms with Crippen LogP contribution in [0, 0.1) is 6.92 Å². The van der Waals surface area contributed by atoms with Crippen LogP contribution in [0.2, 0.25) is 0 Å². The standard InChI is InChI=1S/C11H16BrNOS/c1-7-6-8(15-10(7)12)9(13)11(2)4-3-5-14-11/h6,9H,3-5,13H2,1-2H3. The molecule has 1 aromatic heterocycles. The molecule has 15 heavy (non-hydrogen) atoms. The second-order valence-electron chi connectivity index (χ2n) is 4.35. The molecule has 2 N–H and O–H groups in total. The first-order chi connectivity index (χ1) is 7.03. The maximum atomic E-state index is 6.28. The van der Waals surface area contributed by atoms with Crippen molar-refractivity contribution >= 4 is 27.3 Å².